The zero-order chi connectivity index (χ0) is 22.5. The van der Waals surface area contributed by atoms with E-state index in [1.165, 1.54) is 24.4 Å². The lowest BCUT2D eigenvalue weighted by Crippen LogP contribution is -2.31. The minimum absolute atomic E-state index is 0.0874. The third-order valence-electron chi connectivity index (χ3n) is 4.91. The van der Waals surface area contributed by atoms with Gasteiger partial charge in [0.25, 0.3) is 0 Å². The van der Waals surface area contributed by atoms with E-state index in [9.17, 15) is 9.18 Å². The first-order valence-corrected chi connectivity index (χ1v) is 10.3. The van der Waals surface area contributed by atoms with Crippen LogP contribution in [0, 0.1) is 11.7 Å². The van der Waals surface area contributed by atoms with Crippen molar-refractivity contribution in [1.82, 2.24) is 20.3 Å². The molecule has 4 rings (SSSR count). The molecule has 6 nitrogen and oxygen atoms in total. The number of benzene rings is 2. The van der Waals surface area contributed by atoms with Crippen molar-refractivity contribution in [2.24, 2.45) is 5.92 Å². The number of nitrogens with one attached hydrogen (secondary N) is 2. The maximum Gasteiger partial charge on any atom is 0.244 e. The molecule has 0 spiro atoms. The predicted octanol–water partition coefficient (Wildman–Crippen LogP) is 5.42. The number of pyridine rings is 1. The largest absolute Gasteiger partial charge is 0.453 e. The van der Waals surface area contributed by atoms with Crippen LogP contribution in [0.2, 0.25) is 0 Å². The number of H-pyrrole nitrogens is 1. The molecule has 7 heteroatoms. The van der Waals surface area contributed by atoms with E-state index in [0.29, 0.717) is 17.1 Å². The maximum absolute atomic E-state index is 14.4. The van der Waals surface area contributed by atoms with Gasteiger partial charge >= 0.3 is 0 Å². The highest BCUT2D eigenvalue weighted by molar-refractivity contribution is 5.92. The maximum atomic E-state index is 14.4. The van der Waals surface area contributed by atoms with Crippen LogP contribution in [-0.4, -0.2) is 20.9 Å². The van der Waals surface area contributed by atoms with E-state index in [2.05, 4.69) is 20.3 Å². The number of carbonyl (C=O) groups excluding carboxylic acids is 1. The lowest BCUT2D eigenvalue weighted by molar-refractivity contribution is -0.117. The smallest absolute Gasteiger partial charge is 0.244 e. The van der Waals surface area contributed by atoms with Crippen LogP contribution in [0.3, 0.4) is 0 Å². The Morgan fingerprint density at radius 3 is 2.72 bits per heavy atom. The SMILES string of the molecule is CC(C)C(NC(=O)/C=C/c1ccc(Oc2cccnc2)c(F)c1)c1nc2ccccc2[nH]1. The van der Waals surface area contributed by atoms with Crippen LogP contribution in [0.4, 0.5) is 4.39 Å². The van der Waals surface area contributed by atoms with Gasteiger partial charge in [-0.25, -0.2) is 9.37 Å². The minimum atomic E-state index is -0.529. The summed E-state index contributed by atoms with van der Waals surface area (Å²) in [4.78, 5) is 24.4. The number of aromatic amines is 1. The summed E-state index contributed by atoms with van der Waals surface area (Å²) in [6.45, 7) is 4.02. The van der Waals surface area contributed by atoms with Crippen LogP contribution < -0.4 is 10.1 Å². The fourth-order valence-corrected chi connectivity index (χ4v) is 3.28. The van der Waals surface area contributed by atoms with Gasteiger partial charge in [0.05, 0.1) is 23.3 Å². The van der Waals surface area contributed by atoms with Crippen molar-refractivity contribution in [3.8, 4) is 11.5 Å². The number of hydrogen-bond acceptors (Lipinski definition) is 4. The van der Waals surface area contributed by atoms with Gasteiger partial charge < -0.3 is 15.0 Å². The first-order chi connectivity index (χ1) is 15.5. The van der Waals surface area contributed by atoms with E-state index in [1.54, 1.807) is 30.5 Å². The molecule has 0 aliphatic carbocycles. The number of amides is 1. The molecule has 0 aliphatic heterocycles. The molecule has 1 amide bonds. The van der Waals surface area contributed by atoms with E-state index >= 15 is 0 Å². The highest BCUT2D eigenvalue weighted by atomic mass is 19.1. The molecule has 1 atom stereocenters. The predicted molar refractivity (Wildman–Crippen MR) is 122 cm³/mol. The second kappa shape index (κ2) is 9.43. The van der Waals surface area contributed by atoms with Gasteiger partial charge in [0.15, 0.2) is 11.6 Å². The normalized spacial score (nSPS) is 12.4. The van der Waals surface area contributed by atoms with Crippen molar-refractivity contribution in [3.63, 3.8) is 0 Å². The van der Waals surface area contributed by atoms with Gasteiger partial charge in [-0.05, 0) is 54.0 Å². The number of imidazole rings is 1. The zero-order valence-electron chi connectivity index (χ0n) is 17.7. The van der Waals surface area contributed by atoms with Gasteiger partial charge in [-0.1, -0.05) is 32.0 Å². The van der Waals surface area contributed by atoms with Crippen LogP contribution in [0.25, 0.3) is 17.1 Å². The summed E-state index contributed by atoms with van der Waals surface area (Å²) >= 11 is 0. The van der Waals surface area contributed by atoms with Crippen LogP contribution in [0.5, 0.6) is 11.5 Å². The molecule has 4 aromatic rings. The van der Waals surface area contributed by atoms with Crippen LogP contribution in [-0.2, 0) is 4.79 Å². The molecule has 2 aromatic heterocycles. The molecule has 0 fully saturated rings. The van der Waals surface area contributed by atoms with Gasteiger partial charge in [0, 0.05) is 12.3 Å². The molecule has 162 valence electrons. The van der Waals surface area contributed by atoms with Crippen LogP contribution in [0.15, 0.2) is 73.1 Å². The Labute approximate surface area is 185 Å². The lowest BCUT2D eigenvalue weighted by Gasteiger charge is -2.19. The summed E-state index contributed by atoms with van der Waals surface area (Å²) in [5.41, 5.74) is 2.31. The quantitative estimate of drug-likeness (QED) is 0.384. The first kappa shape index (κ1) is 21.2. The molecule has 0 bridgehead atoms. The molecule has 0 saturated heterocycles. The molecular weight excluding hydrogens is 407 g/mol. The molecule has 0 aliphatic rings. The average Bonchev–Trinajstić information content (AvgIpc) is 3.22. The lowest BCUT2D eigenvalue weighted by atomic mass is 10.0. The van der Waals surface area contributed by atoms with Crippen molar-refractivity contribution in [1.29, 1.82) is 0 Å². The molecule has 2 aromatic carbocycles. The van der Waals surface area contributed by atoms with E-state index in [-0.39, 0.29) is 23.6 Å². The third kappa shape index (κ3) is 5.00. The number of nitrogens with zero attached hydrogens (tertiary/aromatic N) is 2. The fraction of sp³-hybridized carbons (Fsp3) is 0.160. The van der Waals surface area contributed by atoms with Gasteiger partial charge in [0.1, 0.15) is 11.6 Å². The van der Waals surface area contributed by atoms with E-state index in [0.717, 1.165) is 11.0 Å². The van der Waals surface area contributed by atoms with E-state index < -0.39 is 5.82 Å². The Morgan fingerprint density at radius 2 is 2.00 bits per heavy atom. The molecule has 2 N–H and O–H groups in total. The third-order valence-corrected chi connectivity index (χ3v) is 4.91. The van der Waals surface area contributed by atoms with Crippen molar-refractivity contribution in [2.45, 2.75) is 19.9 Å². The topological polar surface area (TPSA) is 79.9 Å². The van der Waals surface area contributed by atoms with Crippen molar-refractivity contribution in [2.75, 3.05) is 0 Å². The molecule has 0 saturated carbocycles. The molecule has 1 unspecified atom stereocenters. The monoisotopic (exact) mass is 430 g/mol. The summed E-state index contributed by atoms with van der Waals surface area (Å²) in [7, 11) is 0. The summed E-state index contributed by atoms with van der Waals surface area (Å²) in [5, 5.41) is 2.98. The summed E-state index contributed by atoms with van der Waals surface area (Å²) in [5.74, 6) is 0.530. The number of fused-ring (bicyclic) bond motifs is 1. The average molecular weight is 430 g/mol. The zero-order valence-corrected chi connectivity index (χ0v) is 17.7. The van der Waals surface area contributed by atoms with Gasteiger partial charge in [-0.15, -0.1) is 0 Å². The standard InChI is InChI=1S/C25H23FN4O2/c1-16(2)24(25-28-20-7-3-4-8-21(20)29-25)30-23(31)12-10-17-9-11-22(19(26)14-17)32-18-6-5-13-27-15-18/h3-16,24H,1-2H3,(H,28,29)(H,30,31)/b12-10+. The summed E-state index contributed by atoms with van der Waals surface area (Å²) < 4.78 is 19.9. The summed E-state index contributed by atoms with van der Waals surface area (Å²) in [6, 6.07) is 15.3. The highest BCUT2D eigenvalue weighted by Gasteiger charge is 2.21. The van der Waals surface area contributed by atoms with E-state index in [4.69, 9.17) is 4.74 Å². The number of rotatable bonds is 7. The van der Waals surface area contributed by atoms with Crippen molar-refractivity contribution >= 4 is 23.0 Å². The number of halogens is 1. The molecule has 2 heterocycles. The number of para-hydroxylation sites is 2. The number of aromatic nitrogens is 3. The van der Waals surface area contributed by atoms with Gasteiger partial charge in [-0.3, -0.25) is 9.78 Å². The summed E-state index contributed by atoms with van der Waals surface area (Å²) in [6.07, 6.45) is 6.06. The fourth-order valence-electron chi connectivity index (χ4n) is 3.28. The Balaban J connectivity index is 1.44. The molecule has 0 radical (unpaired) electrons. The van der Waals surface area contributed by atoms with Crippen LogP contribution in [0.1, 0.15) is 31.3 Å². The number of carbonyl (C=O) groups is 1. The minimum Gasteiger partial charge on any atom is -0.453 e. The van der Waals surface area contributed by atoms with Gasteiger partial charge in [0.2, 0.25) is 5.91 Å². The second-order valence-electron chi connectivity index (χ2n) is 7.68. The Hall–Kier alpha value is -4.00. The Kier molecular flexibility index (Phi) is 6.26. The van der Waals surface area contributed by atoms with Gasteiger partial charge in [-0.2, -0.15) is 0 Å². The Morgan fingerprint density at radius 1 is 1.16 bits per heavy atom. The van der Waals surface area contributed by atoms with Crippen molar-refractivity contribution < 1.29 is 13.9 Å². The second-order valence-corrected chi connectivity index (χ2v) is 7.68. The highest BCUT2D eigenvalue weighted by Crippen LogP contribution is 2.25. The van der Waals surface area contributed by atoms with Crippen molar-refractivity contribution in [3.05, 3.63) is 90.3 Å². The number of hydrogen-bond donors (Lipinski definition) is 2. The Bertz CT molecular complexity index is 1220. The first-order valence-electron chi connectivity index (χ1n) is 10.3. The molecule has 32 heavy (non-hydrogen) atoms. The number of ether oxygens (including phenoxy) is 1. The van der Waals surface area contributed by atoms with Crippen LogP contribution >= 0.6 is 0 Å². The van der Waals surface area contributed by atoms with E-state index in [1.807, 2.05) is 38.1 Å². The molecular formula is C25H23FN4O2.